The Balaban J connectivity index is 1.37. The average molecular weight is 370 g/mol. The van der Waals surface area contributed by atoms with E-state index in [-0.39, 0.29) is 5.91 Å². The maximum Gasteiger partial charge on any atom is 0.226 e. The van der Waals surface area contributed by atoms with E-state index in [0.29, 0.717) is 11.6 Å². The van der Waals surface area contributed by atoms with Gasteiger partial charge in [-0.25, -0.2) is 4.98 Å². The van der Waals surface area contributed by atoms with Gasteiger partial charge in [-0.15, -0.1) is 11.3 Å². The number of amides is 1. The summed E-state index contributed by atoms with van der Waals surface area (Å²) in [5.74, 6) is 1.98. The third-order valence-electron chi connectivity index (χ3n) is 3.51. The number of pyridine rings is 1. The van der Waals surface area contributed by atoms with Crippen LogP contribution in [0.1, 0.15) is 18.4 Å². The predicted molar refractivity (Wildman–Crippen MR) is 106 cm³/mol. The van der Waals surface area contributed by atoms with Crippen LogP contribution >= 0.6 is 23.1 Å². The zero-order valence-electron chi connectivity index (χ0n) is 13.7. The van der Waals surface area contributed by atoms with Gasteiger partial charge in [0.25, 0.3) is 0 Å². The largest absolute Gasteiger partial charge is 0.302 e. The first-order valence-corrected chi connectivity index (χ1v) is 10.1. The number of rotatable bonds is 8. The maximum atomic E-state index is 12.0. The summed E-state index contributed by atoms with van der Waals surface area (Å²) in [5.41, 5.74) is 3.12. The molecule has 0 unspecified atom stereocenters. The highest BCUT2D eigenvalue weighted by Crippen LogP contribution is 2.24. The fourth-order valence-corrected chi connectivity index (χ4v) is 3.92. The fourth-order valence-electron chi connectivity index (χ4n) is 2.26. The van der Waals surface area contributed by atoms with Gasteiger partial charge < -0.3 is 5.32 Å². The number of carbonyl (C=O) groups excluding carboxylic acids is 1. The van der Waals surface area contributed by atoms with Gasteiger partial charge in [-0.1, -0.05) is 30.3 Å². The number of benzene rings is 1. The minimum atomic E-state index is 0.0207. The molecule has 3 rings (SSSR count). The van der Waals surface area contributed by atoms with Gasteiger partial charge >= 0.3 is 0 Å². The van der Waals surface area contributed by atoms with Crippen molar-refractivity contribution in [3.63, 3.8) is 0 Å². The molecule has 1 N–H and O–H groups in total. The van der Waals surface area contributed by atoms with E-state index in [1.165, 1.54) is 16.9 Å². The number of nitrogens with zero attached hydrogens (tertiary/aromatic N) is 2. The molecule has 0 saturated heterocycles. The van der Waals surface area contributed by atoms with Crippen molar-refractivity contribution in [2.75, 3.05) is 11.1 Å². The quantitative estimate of drug-likeness (QED) is 0.576. The first-order valence-electron chi connectivity index (χ1n) is 8.09. The molecule has 0 bridgehead atoms. The fraction of sp³-hybridized carbons (Fsp3) is 0.211. The molecule has 3 aromatic rings. The van der Waals surface area contributed by atoms with Gasteiger partial charge in [0, 0.05) is 35.5 Å². The van der Waals surface area contributed by atoms with Crippen molar-refractivity contribution >= 4 is 34.1 Å². The minimum absolute atomic E-state index is 0.0207. The average Bonchev–Trinajstić information content (AvgIpc) is 3.11. The molecular formula is C19H19N3OS2. The Labute approximate surface area is 155 Å². The van der Waals surface area contributed by atoms with Gasteiger partial charge in [0.2, 0.25) is 5.91 Å². The summed E-state index contributed by atoms with van der Waals surface area (Å²) in [6.07, 6.45) is 4.88. The van der Waals surface area contributed by atoms with Crippen LogP contribution in [0.15, 0.2) is 60.2 Å². The van der Waals surface area contributed by atoms with Gasteiger partial charge in [0.1, 0.15) is 0 Å². The third-order valence-corrected chi connectivity index (χ3v) is 5.38. The van der Waals surface area contributed by atoms with Gasteiger partial charge in [-0.3, -0.25) is 9.78 Å². The molecule has 128 valence electrons. The molecule has 4 nitrogen and oxygen atoms in total. The Bertz CT molecular complexity index is 791. The summed E-state index contributed by atoms with van der Waals surface area (Å²) >= 11 is 3.29. The van der Waals surface area contributed by atoms with E-state index in [2.05, 4.69) is 39.6 Å². The number of nitrogens with one attached hydrogen (secondary N) is 1. The minimum Gasteiger partial charge on any atom is -0.302 e. The topological polar surface area (TPSA) is 54.9 Å². The van der Waals surface area contributed by atoms with Crippen LogP contribution in [0, 0.1) is 0 Å². The van der Waals surface area contributed by atoms with E-state index in [9.17, 15) is 4.79 Å². The van der Waals surface area contributed by atoms with Gasteiger partial charge in [0.05, 0.1) is 5.69 Å². The molecule has 0 radical (unpaired) electrons. The SMILES string of the molecule is O=C(CCCSCc1ccccc1)Nc1nc(-c2cccnc2)cs1. The van der Waals surface area contributed by atoms with E-state index < -0.39 is 0 Å². The molecule has 25 heavy (non-hydrogen) atoms. The lowest BCUT2D eigenvalue weighted by Crippen LogP contribution is -2.11. The molecule has 0 aliphatic heterocycles. The molecule has 0 saturated carbocycles. The van der Waals surface area contributed by atoms with Crippen LogP contribution in [0.3, 0.4) is 0 Å². The van der Waals surface area contributed by atoms with E-state index in [0.717, 1.165) is 29.2 Å². The van der Waals surface area contributed by atoms with E-state index in [1.54, 1.807) is 12.4 Å². The van der Waals surface area contributed by atoms with E-state index >= 15 is 0 Å². The number of hydrogen-bond donors (Lipinski definition) is 1. The van der Waals surface area contributed by atoms with E-state index in [1.807, 2.05) is 35.3 Å². The van der Waals surface area contributed by atoms with Gasteiger partial charge in [-0.05, 0) is 29.9 Å². The number of anilines is 1. The first kappa shape index (κ1) is 17.6. The molecule has 0 atom stereocenters. The Morgan fingerprint density at radius 1 is 1.16 bits per heavy atom. The Kier molecular flexibility index (Phi) is 6.59. The lowest BCUT2D eigenvalue weighted by molar-refractivity contribution is -0.116. The van der Waals surface area contributed by atoms with Crippen molar-refractivity contribution in [3.05, 3.63) is 65.8 Å². The smallest absolute Gasteiger partial charge is 0.226 e. The normalized spacial score (nSPS) is 10.6. The van der Waals surface area contributed by atoms with Crippen molar-refractivity contribution in [2.24, 2.45) is 0 Å². The van der Waals surface area contributed by atoms with Crippen molar-refractivity contribution in [3.8, 4) is 11.3 Å². The van der Waals surface area contributed by atoms with Crippen LogP contribution in [0.2, 0.25) is 0 Å². The van der Waals surface area contributed by atoms with Crippen LogP contribution in [0.25, 0.3) is 11.3 Å². The van der Waals surface area contributed by atoms with Crippen LogP contribution in [-0.2, 0) is 10.5 Å². The highest BCUT2D eigenvalue weighted by atomic mass is 32.2. The Hall–Kier alpha value is -2.18. The van der Waals surface area contributed by atoms with Crippen molar-refractivity contribution in [1.82, 2.24) is 9.97 Å². The Morgan fingerprint density at radius 2 is 2.04 bits per heavy atom. The first-order chi connectivity index (χ1) is 12.3. The van der Waals surface area contributed by atoms with Crippen LogP contribution in [0.4, 0.5) is 5.13 Å². The second kappa shape index (κ2) is 9.34. The molecule has 2 aromatic heterocycles. The summed E-state index contributed by atoms with van der Waals surface area (Å²) in [4.78, 5) is 20.6. The second-order valence-corrected chi connectivity index (χ2v) is 7.43. The van der Waals surface area contributed by atoms with Crippen molar-refractivity contribution in [2.45, 2.75) is 18.6 Å². The zero-order chi connectivity index (χ0) is 17.3. The van der Waals surface area contributed by atoms with Crippen molar-refractivity contribution in [1.29, 1.82) is 0 Å². The van der Waals surface area contributed by atoms with Gasteiger partial charge in [-0.2, -0.15) is 11.8 Å². The molecule has 0 aliphatic rings. The summed E-state index contributed by atoms with van der Waals surface area (Å²) in [6.45, 7) is 0. The molecule has 2 heterocycles. The second-order valence-electron chi connectivity index (χ2n) is 5.47. The highest BCUT2D eigenvalue weighted by Gasteiger charge is 2.08. The molecule has 0 aliphatic carbocycles. The molecule has 0 fully saturated rings. The van der Waals surface area contributed by atoms with Gasteiger partial charge in [0.15, 0.2) is 5.13 Å². The molecule has 1 aromatic carbocycles. The summed E-state index contributed by atoms with van der Waals surface area (Å²) in [5, 5.41) is 5.45. The summed E-state index contributed by atoms with van der Waals surface area (Å²) in [7, 11) is 0. The van der Waals surface area contributed by atoms with E-state index in [4.69, 9.17) is 0 Å². The third kappa shape index (κ3) is 5.69. The highest BCUT2D eigenvalue weighted by molar-refractivity contribution is 7.98. The lowest BCUT2D eigenvalue weighted by Gasteiger charge is -2.03. The lowest BCUT2D eigenvalue weighted by atomic mass is 10.2. The number of thioether (sulfide) groups is 1. The molecule has 0 spiro atoms. The monoisotopic (exact) mass is 369 g/mol. The Morgan fingerprint density at radius 3 is 2.84 bits per heavy atom. The summed E-state index contributed by atoms with van der Waals surface area (Å²) in [6, 6.07) is 14.2. The van der Waals surface area contributed by atoms with Crippen LogP contribution in [-0.4, -0.2) is 21.6 Å². The molecular weight excluding hydrogens is 350 g/mol. The number of carbonyl (C=O) groups is 1. The zero-order valence-corrected chi connectivity index (χ0v) is 15.4. The van der Waals surface area contributed by atoms with Crippen LogP contribution < -0.4 is 5.32 Å². The molecule has 6 heteroatoms. The molecule has 1 amide bonds. The maximum absolute atomic E-state index is 12.0. The number of thiazole rings is 1. The number of aromatic nitrogens is 2. The summed E-state index contributed by atoms with van der Waals surface area (Å²) < 4.78 is 0. The standard InChI is InChI=1S/C19H19N3OS2/c23-18(9-5-11-24-13-15-6-2-1-3-7-15)22-19-21-17(14-25-19)16-8-4-10-20-12-16/h1-4,6-8,10,12,14H,5,9,11,13H2,(H,21,22,23). The number of hydrogen-bond acceptors (Lipinski definition) is 5. The van der Waals surface area contributed by atoms with Crippen molar-refractivity contribution < 1.29 is 4.79 Å². The predicted octanol–water partition coefficient (Wildman–Crippen LogP) is 4.86. The van der Waals surface area contributed by atoms with Crippen LogP contribution in [0.5, 0.6) is 0 Å².